The van der Waals surface area contributed by atoms with Gasteiger partial charge in [-0.1, -0.05) is 60.7 Å². The second-order valence-electron chi connectivity index (χ2n) is 7.16. The molecule has 2 fully saturated rings. The van der Waals surface area contributed by atoms with Crippen molar-refractivity contribution in [1.29, 1.82) is 5.26 Å². The van der Waals surface area contributed by atoms with E-state index in [9.17, 15) is 10.1 Å². The number of nitrogens with zero attached hydrogens (tertiary/aromatic N) is 3. The Labute approximate surface area is 154 Å². The molecule has 1 saturated carbocycles. The Morgan fingerprint density at radius 3 is 2.19 bits per heavy atom. The van der Waals surface area contributed by atoms with Crippen molar-refractivity contribution in [2.45, 2.75) is 18.4 Å². The number of nitriles is 1. The average molecular weight is 345 g/mol. The van der Waals surface area contributed by atoms with Crippen LogP contribution >= 0.6 is 0 Å². The molecule has 4 heteroatoms. The summed E-state index contributed by atoms with van der Waals surface area (Å²) in [4.78, 5) is 17.0. The number of hydrogen-bond donors (Lipinski definition) is 0. The van der Waals surface area contributed by atoms with Crippen LogP contribution in [0.2, 0.25) is 0 Å². The SMILES string of the molecule is N#C[C@H](c1ccccc1)N1CCN(C(=O)[C@H]2C[C@H]2c2ccccc2)CC1. The Hall–Kier alpha value is -2.64. The fourth-order valence-electron chi connectivity index (χ4n) is 3.97. The first-order chi connectivity index (χ1) is 12.8. The maximum Gasteiger partial charge on any atom is 0.226 e. The van der Waals surface area contributed by atoms with Crippen LogP contribution in [0.5, 0.6) is 0 Å². The van der Waals surface area contributed by atoms with Gasteiger partial charge in [-0.15, -0.1) is 0 Å². The first-order valence-corrected chi connectivity index (χ1v) is 9.30. The minimum absolute atomic E-state index is 0.143. The molecule has 0 spiro atoms. The van der Waals surface area contributed by atoms with Crippen molar-refractivity contribution in [1.82, 2.24) is 9.80 Å². The van der Waals surface area contributed by atoms with Gasteiger partial charge in [0.05, 0.1) is 6.07 Å². The van der Waals surface area contributed by atoms with Crippen molar-refractivity contribution in [3.8, 4) is 6.07 Å². The van der Waals surface area contributed by atoms with Crippen LogP contribution in [-0.4, -0.2) is 41.9 Å². The normalized spacial score (nSPS) is 23.9. The van der Waals surface area contributed by atoms with Crippen LogP contribution in [-0.2, 0) is 4.79 Å². The van der Waals surface area contributed by atoms with Crippen LogP contribution in [0, 0.1) is 17.2 Å². The lowest BCUT2D eigenvalue weighted by Crippen LogP contribution is -2.50. The molecular weight excluding hydrogens is 322 g/mol. The molecule has 1 amide bonds. The van der Waals surface area contributed by atoms with Gasteiger partial charge in [0, 0.05) is 32.1 Å². The maximum absolute atomic E-state index is 12.8. The van der Waals surface area contributed by atoms with Gasteiger partial charge in [-0.3, -0.25) is 9.69 Å². The van der Waals surface area contributed by atoms with Gasteiger partial charge in [0.1, 0.15) is 6.04 Å². The summed E-state index contributed by atoms with van der Waals surface area (Å²) in [6.07, 6.45) is 0.966. The summed E-state index contributed by atoms with van der Waals surface area (Å²) in [5, 5.41) is 9.59. The van der Waals surface area contributed by atoms with E-state index in [1.807, 2.05) is 53.4 Å². The number of benzene rings is 2. The molecule has 2 aromatic rings. The predicted molar refractivity (Wildman–Crippen MR) is 100 cm³/mol. The Balaban J connectivity index is 1.34. The van der Waals surface area contributed by atoms with E-state index in [2.05, 4.69) is 23.1 Å². The van der Waals surface area contributed by atoms with Crippen LogP contribution < -0.4 is 0 Å². The second kappa shape index (κ2) is 7.31. The minimum Gasteiger partial charge on any atom is -0.340 e. The van der Waals surface area contributed by atoms with E-state index in [-0.39, 0.29) is 17.9 Å². The smallest absolute Gasteiger partial charge is 0.226 e. The Kier molecular flexibility index (Phi) is 4.73. The highest BCUT2D eigenvalue weighted by molar-refractivity contribution is 5.83. The molecule has 4 nitrogen and oxygen atoms in total. The van der Waals surface area contributed by atoms with E-state index in [4.69, 9.17) is 0 Å². The summed E-state index contributed by atoms with van der Waals surface area (Å²) < 4.78 is 0. The van der Waals surface area contributed by atoms with Crippen molar-refractivity contribution in [2.75, 3.05) is 26.2 Å². The highest BCUT2D eigenvalue weighted by Crippen LogP contribution is 2.48. The molecule has 1 saturated heterocycles. The van der Waals surface area contributed by atoms with Gasteiger partial charge in [-0.25, -0.2) is 0 Å². The summed E-state index contributed by atoms with van der Waals surface area (Å²) in [5.74, 6) is 0.814. The first-order valence-electron chi connectivity index (χ1n) is 9.30. The molecule has 0 N–H and O–H groups in total. The quantitative estimate of drug-likeness (QED) is 0.855. The van der Waals surface area contributed by atoms with E-state index in [1.54, 1.807) is 0 Å². The van der Waals surface area contributed by atoms with Gasteiger partial charge in [0.25, 0.3) is 0 Å². The molecular formula is C22H23N3O. The van der Waals surface area contributed by atoms with E-state index in [0.717, 1.165) is 25.1 Å². The summed E-state index contributed by atoms with van der Waals surface area (Å²) in [5.41, 5.74) is 2.30. The molecule has 1 aliphatic heterocycles. The Bertz CT molecular complexity index is 791. The van der Waals surface area contributed by atoms with Crippen molar-refractivity contribution in [2.24, 2.45) is 5.92 Å². The zero-order valence-corrected chi connectivity index (χ0v) is 14.8. The lowest BCUT2D eigenvalue weighted by atomic mass is 10.1. The largest absolute Gasteiger partial charge is 0.340 e. The van der Waals surface area contributed by atoms with Gasteiger partial charge < -0.3 is 4.90 Å². The summed E-state index contributed by atoms with van der Waals surface area (Å²) in [7, 11) is 0. The van der Waals surface area contributed by atoms with E-state index in [1.165, 1.54) is 5.56 Å². The molecule has 0 bridgehead atoms. The van der Waals surface area contributed by atoms with Crippen LogP contribution in [0.15, 0.2) is 60.7 Å². The fraction of sp³-hybridized carbons (Fsp3) is 0.364. The number of amides is 1. The monoisotopic (exact) mass is 345 g/mol. The topological polar surface area (TPSA) is 47.3 Å². The third-order valence-corrected chi connectivity index (χ3v) is 5.56. The molecule has 0 unspecified atom stereocenters. The Morgan fingerprint density at radius 1 is 0.962 bits per heavy atom. The van der Waals surface area contributed by atoms with Crippen molar-refractivity contribution >= 4 is 5.91 Å². The minimum atomic E-state index is -0.230. The number of carbonyl (C=O) groups excluding carboxylic acids is 1. The lowest BCUT2D eigenvalue weighted by Gasteiger charge is -2.37. The van der Waals surface area contributed by atoms with Crippen LogP contribution in [0.3, 0.4) is 0 Å². The average Bonchev–Trinajstić information content (AvgIpc) is 3.51. The molecule has 132 valence electrons. The zero-order valence-electron chi connectivity index (χ0n) is 14.8. The van der Waals surface area contributed by atoms with Gasteiger partial charge in [-0.05, 0) is 23.5 Å². The fourth-order valence-corrected chi connectivity index (χ4v) is 3.97. The number of rotatable bonds is 4. The molecule has 0 aromatic heterocycles. The van der Waals surface area contributed by atoms with E-state index < -0.39 is 0 Å². The molecule has 2 aliphatic rings. The first kappa shape index (κ1) is 16.8. The summed E-state index contributed by atoms with van der Waals surface area (Å²) in [6.45, 7) is 2.92. The lowest BCUT2D eigenvalue weighted by molar-refractivity contribution is -0.134. The molecule has 0 radical (unpaired) electrons. The van der Waals surface area contributed by atoms with Crippen LogP contribution in [0.1, 0.15) is 29.5 Å². The van der Waals surface area contributed by atoms with Crippen molar-refractivity contribution < 1.29 is 4.79 Å². The van der Waals surface area contributed by atoms with Gasteiger partial charge in [0.15, 0.2) is 0 Å². The van der Waals surface area contributed by atoms with Crippen LogP contribution in [0.4, 0.5) is 0 Å². The Morgan fingerprint density at radius 2 is 1.58 bits per heavy atom. The summed E-state index contributed by atoms with van der Waals surface area (Å²) in [6, 6.07) is 22.4. The molecule has 1 aliphatic carbocycles. The highest BCUT2D eigenvalue weighted by Gasteiger charge is 2.46. The molecule has 4 rings (SSSR count). The third-order valence-electron chi connectivity index (χ3n) is 5.56. The van der Waals surface area contributed by atoms with E-state index in [0.29, 0.717) is 19.0 Å². The third kappa shape index (κ3) is 3.36. The van der Waals surface area contributed by atoms with Crippen LogP contribution in [0.25, 0.3) is 0 Å². The van der Waals surface area contributed by atoms with Gasteiger partial charge >= 0.3 is 0 Å². The van der Waals surface area contributed by atoms with Gasteiger partial charge in [0.2, 0.25) is 5.91 Å². The number of carbonyl (C=O) groups is 1. The molecule has 1 heterocycles. The maximum atomic E-state index is 12.8. The van der Waals surface area contributed by atoms with Gasteiger partial charge in [-0.2, -0.15) is 5.26 Å². The number of hydrogen-bond acceptors (Lipinski definition) is 3. The van der Waals surface area contributed by atoms with E-state index >= 15 is 0 Å². The van der Waals surface area contributed by atoms with Crippen molar-refractivity contribution in [3.05, 3.63) is 71.8 Å². The standard InChI is InChI=1S/C22H23N3O/c23-16-21(18-9-5-2-6-10-18)24-11-13-25(14-12-24)22(26)20-15-19(20)17-7-3-1-4-8-17/h1-10,19-21H,11-15H2/t19-,20-,21+/m0/s1. The zero-order chi connectivity index (χ0) is 17.9. The second-order valence-corrected chi connectivity index (χ2v) is 7.16. The molecule has 26 heavy (non-hydrogen) atoms. The van der Waals surface area contributed by atoms with Crippen molar-refractivity contribution in [3.63, 3.8) is 0 Å². The molecule has 2 aromatic carbocycles. The number of piperazine rings is 1. The molecule has 3 atom stereocenters. The predicted octanol–water partition coefficient (Wildman–Crippen LogP) is 3.20. The summed E-state index contributed by atoms with van der Waals surface area (Å²) >= 11 is 0. The highest BCUT2D eigenvalue weighted by atomic mass is 16.2.